The Balaban J connectivity index is 3.20. The van der Waals surface area contributed by atoms with Crippen molar-refractivity contribution in [1.82, 2.24) is 4.90 Å². The molecule has 1 nitrogen and oxygen atoms in total. The Morgan fingerprint density at radius 2 is 1.32 bits per heavy atom. The number of hydrogen-bond donors (Lipinski definition) is 0. The molecule has 0 aromatic heterocycles. The van der Waals surface area contributed by atoms with Crippen LogP contribution < -0.4 is 0 Å². The number of halogens is 1. The van der Waals surface area contributed by atoms with Gasteiger partial charge in [-0.1, -0.05) is 58.3 Å². The normalized spacial score (nSPS) is 13.1. The molecule has 0 radical (unpaired) electrons. The first-order chi connectivity index (χ1) is 9.20. The smallest absolute Gasteiger partial charge is 0.0223 e. The van der Waals surface area contributed by atoms with Gasteiger partial charge in [0.25, 0.3) is 0 Å². The molecule has 0 aromatic carbocycles. The first kappa shape index (κ1) is 19.2. The average Bonchev–Trinajstić information content (AvgIpc) is 2.40. The van der Waals surface area contributed by atoms with Gasteiger partial charge in [-0.25, -0.2) is 0 Å². The van der Waals surface area contributed by atoms with E-state index in [1.807, 2.05) is 0 Å². The lowest BCUT2D eigenvalue weighted by Crippen LogP contribution is -2.12. The number of nitrogens with zero attached hydrogens (tertiary/aromatic N) is 1. The van der Waals surface area contributed by atoms with E-state index in [0.717, 1.165) is 11.8 Å². The maximum absolute atomic E-state index is 5.76. The lowest BCUT2D eigenvalue weighted by molar-refractivity contribution is 0.386. The summed E-state index contributed by atoms with van der Waals surface area (Å²) in [7, 11) is 4.32. The SMILES string of the molecule is CCC(CCCCl)CCCCCCCCCN(C)C. The fourth-order valence-electron chi connectivity index (χ4n) is 2.66. The molecule has 0 amide bonds. The molecule has 1 unspecified atom stereocenters. The van der Waals surface area contributed by atoms with Crippen molar-refractivity contribution in [1.29, 1.82) is 0 Å². The van der Waals surface area contributed by atoms with Crippen LogP contribution in [0.15, 0.2) is 0 Å². The van der Waals surface area contributed by atoms with Crippen molar-refractivity contribution >= 4 is 11.6 Å². The van der Waals surface area contributed by atoms with Crippen LogP contribution in [0.5, 0.6) is 0 Å². The molecule has 0 spiro atoms. The van der Waals surface area contributed by atoms with Gasteiger partial charge in [0.2, 0.25) is 0 Å². The van der Waals surface area contributed by atoms with Gasteiger partial charge < -0.3 is 4.90 Å². The monoisotopic (exact) mass is 289 g/mol. The highest BCUT2D eigenvalue weighted by Crippen LogP contribution is 2.20. The predicted molar refractivity (Wildman–Crippen MR) is 89.2 cm³/mol. The van der Waals surface area contributed by atoms with Gasteiger partial charge in [-0.2, -0.15) is 0 Å². The Labute approximate surface area is 127 Å². The standard InChI is InChI=1S/C17H36ClN/c1-4-17(14-12-15-18)13-10-8-6-5-7-9-11-16-19(2)3/h17H,4-16H2,1-3H3. The van der Waals surface area contributed by atoms with Gasteiger partial charge in [-0.15, -0.1) is 11.6 Å². The van der Waals surface area contributed by atoms with Crippen LogP contribution in [-0.2, 0) is 0 Å². The summed E-state index contributed by atoms with van der Waals surface area (Å²) < 4.78 is 0. The quantitative estimate of drug-likeness (QED) is 0.292. The van der Waals surface area contributed by atoms with Crippen LogP contribution in [0.25, 0.3) is 0 Å². The van der Waals surface area contributed by atoms with E-state index in [4.69, 9.17) is 11.6 Å². The highest BCUT2D eigenvalue weighted by molar-refractivity contribution is 6.17. The van der Waals surface area contributed by atoms with E-state index >= 15 is 0 Å². The molecule has 0 bridgehead atoms. The van der Waals surface area contributed by atoms with Gasteiger partial charge in [-0.3, -0.25) is 0 Å². The van der Waals surface area contributed by atoms with Crippen LogP contribution in [0, 0.1) is 5.92 Å². The van der Waals surface area contributed by atoms with Crippen molar-refractivity contribution in [3.63, 3.8) is 0 Å². The second-order valence-electron chi connectivity index (χ2n) is 6.17. The van der Waals surface area contributed by atoms with Gasteiger partial charge in [0, 0.05) is 5.88 Å². The number of hydrogen-bond acceptors (Lipinski definition) is 1. The average molecular weight is 290 g/mol. The highest BCUT2D eigenvalue weighted by Gasteiger charge is 2.05. The predicted octanol–water partition coefficient (Wildman–Crippen LogP) is 5.71. The van der Waals surface area contributed by atoms with Gasteiger partial charge in [0.1, 0.15) is 0 Å². The highest BCUT2D eigenvalue weighted by atomic mass is 35.5. The van der Waals surface area contributed by atoms with Crippen LogP contribution >= 0.6 is 11.6 Å². The van der Waals surface area contributed by atoms with Gasteiger partial charge in [0.15, 0.2) is 0 Å². The fourth-order valence-corrected chi connectivity index (χ4v) is 2.82. The fraction of sp³-hybridized carbons (Fsp3) is 1.00. The van der Waals surface area contributed by atoms with Crippen molar-refractivity contribution < 1.29 is 0 Å². The Bertz CT molecular complexity index is 171. The molecule has 2 heteroatoms. The Morgan fingerprint density at radius 3 is 1.84 bits per heavy atom. The third kappa shape index (κ3) is 14.5. The van der Waals surface area contributed by atoms with Gasteiger partial charge >= 0.3 is 0 Å². The third-order valence-electron chi connectivity index (χ3n) is 4.04. The molecule has 0 aliphatic heterocycles. The minimum absolute atomic E-state index is 0.837. The minimum atomic E-state index is 0.837. The molecule has 0 saturated heterocycles. The van der Waals surface area contributed by atoms with Crippen molar-refractivity contribution in [2.24, 2.45) is 5.92 Å². The van der Waals surface area contributed by atoms with E-state index in [2.05, 4.69) is 25.9 Å². The molecule has 0 fully saturated rings. The summed E-state index contributed by atoms with van der Waals surface area (Å²) in [5.41, 5.74) is 0. The van der Waals surface area contributed by atoms with Gasteiger partial charge in [-0.05, 0) is 45.8 Å². The molecule has 19 heavy (non-hydrogen) atoms. The zero-order chi connectivity index (χ0) is 14.3. The summed E-state index contributed by atoms with van der Waals surface area (Å²) in [6.07, 6.45) is 15.2. The lowest BCUT2D eigenvalue weighted by Gasteiger charge is -2.13. The molecule has 0 saturated carbocycles. The second-order valence-corrected chi connectivity index (χ2v) is 6.55. The molecule has 0 N–H and O–H groups in total. The molecule has 1 atom stereocenters. The zero-order valence-electron chi connectivity index (χ0n) is 13.6. The Kier molecular flexibility index (Phi) is 14.8. The molecule has 0 aliphatic carbocycles. The molecule has 116 valence electrons. The zero-order valence-corrected chi connectivity index (χ0v) is 14.4. The number of unbranched alkanes of at least 4 members (excludes halogenated alkanes) is 6. The molecular weight excluding hydrogens is 254 g/mol. The van der Waals surface area contributed by atoms with E-state index < -0.39 is 0 Å². The molecule has 0 rings (SSSR count). The van der Waals surface area contributed by atoms with Gasteiger partial charge in [0.05, 0.1) is 0 Å². The molecule has 0 heterocycles. The largest absolute Gasteiger partial charge is 0.309 e. The first-order valence-corrected chi connectivity index (χ1v) is 8.94. The first-order valence-electron chi connectivity index (χ1n) is 8.41. The lowest BCUT2D eigenvalue weighted by atomic mass is 9.94. The molecule has 0 aromatic rings. The van der Waals surface area contributed by atoms with Crippen molar-refractivity contribution in [2.75, 3.05) is 26.5 Å². The van der Waals surface area contributed by atoms with E-state index in [-0.39, 0.29) is 0 Å². The molecule has 0 aliphatic rings. The number of alkyl halides is 1. The maximum atomic E-state index is 5.76. The van der Waals surface area contributed by atoms with E-state index in [1.54, 1.807) is 0 Å². The van der Waals surface area contributed by atoms with Crippen LogP contribution in [0.3, 0.4) is 0 Å². The maximum Gasteiger partial charge on any atom is 0.0223 e. The topological polar surface area (TPSA) is 3.24 Å². The summed E-state index contributed by atoms with van der Waals surface area (Å²) in [5.74, 6) is 1.77. The summed E-state index contributed by atoms with van der Waals surface area (Å²) in [6, 6.07) is 0. The minimum Gasteiger partial charge on any atom is -0.309 e. The summed E-state index contributed by atoms with van der Waals surface area (Å²) in [6.45, 7) is 3.57. The molecular formula is C17H36ClN. The Hall–Kier alpha value is 0.250. The number of rotatable bonds is 14. The van der Waals surface area contributed by atoms with E-state index in [1.165, 1.54) is 77.2 Å². The van der Waals surface area contributed by atoms with Crippen LogP contribution in [0.1, 0.15) is 77.6 Å². The summed E-state index contributed by atoms with van der Waals surface area (Å²) >= 11 is 5.76. The van der Waals surface area contributed by atoms with Crippen LogP contribution in [0.2, 0.25) is 0 Å². The van der Waals surface area contributed by atoms with Crippen LogP contribution in [-0.4, -0.2) is 31.4 Å². The van der Waals surface area contributed by atoms with Crippen molar-refractivity contribution in [2.45, 2.75) is 77.6 Å². The van der Waals surface area contributed by atoms with Crippen molar-refractivity contribution in [3.8, 4) is 0 Å². The third-order valence-corrected chi connectivity index (χ3v) is 4.31. The second kappa shape index (κ2) is 14.7. The summed E-state index contributed by atoms with van der Waals surface area (Å²) in [5, 5.41) is 0. The summed E-state index contributed by atoms with van der Waals surface area (Å²) in [4.78, 5) is 2.28. The van der Waals surface area contributed by atoms with Crippen LogP contribution in [0.4, 0.5) is 0 Å². The van der Waals surface area contributed by atoms with E-state index in [9.17, 15) is 0 Å². The van der Waals surface area contributed by atoms with Crippen molar-refractivity contribution in [3.05, 3.63) is 0 Å². The Morgan fingerprint density at radius 1 is 0.789 bits per heavy atom. The van der Waals surface area contributed by atoms with E-state index in [0.29, 0.717) is 0 Å².